The van der Waals surface area contributed by atoms with E-state index < -0.39 is 0 Å². The number of hydrogen-bond donors (Lipinski definition) is 1. The summed E-state index contributed by atoms with van der Waals surface area (Å²) in [7, 11) is 0. The van der Waals surface area contributed by atoms with Crippen molar-refractivity contribution < 1.29 is 14.3 Å². The molecule has 0 saturated heterocycles. The number of allylic oxidation sites excluding steroid dienone is 1. The monoisotopic (exact) mass is 327 g/mol. The summed E-state index contributed by atoms with van der Waals surface area (Å²) in [5.74, 6) is 0.279. The molecule has 0 amide bonds. The van der Waals surface area contributed by atoms with E-state index >= 15 is 0 Å². The number of hydrogen-bond acceptors (Lipinski definition) is 4. The Balaban J connectivity index is 1.75. The Morgan fingerprint density at radius 3 is 2.50 bits per heavy atom. The SMILES string of the molecule is CCOC(=O)c1ccc(N/C=C2\C(=O)[C@]3(C)CC[C@H]2C3(C)C)cc1. The molecule has 2 atom stereocenters. The summed E-state index contributed by atoms with van der Waals surface area (Å²) in [5.41, 5.74) is 2.07. The summed E-state index contributed by atoms with van der Waals surface area (Å²) < 4.78 is 4.97. The second-order valence-corrected chi connectivity index (χ2v) is 7.52. The highest BCUT2D eigenvalue weighted by Gasteiger charge is 2.63. The third-order valence-electron chi connectivity index (χ3n) is 6.16. The molecule has 1 aromatic rings. The van der Waals surface area contributed by atoms with Crippen LogP contribution in [0, 0.1) is 16.7 Å². The number of ketones is 1. The number of rotatable bonds is 4. The Hall–Kier alpha value is -2.10. The number of nitrogens with one attached hydrogen (secondary N) is 1. The van der Waals surface area contributed by atoms with Crippen LogP contribution < -0.4 is 5.32 Å². The van der Waals surface area contributed by atoms with Gasteiger partial charge in [0.15, 0.2) is 5.78 Å². The van der Waals surface area contributed by atoms with Crippen LogP contribution in [0.1, 0.15) is 50.9 Å². The molecule has 2 aliphatic rings. The van der Waals surface area contributed by atoms with Crippen LogP contribution >= 0.6 is 0 Å². The zero-order valence-corrected chi connectivity index (χ0v) is 14.8. The van der Waals surface area contributed by atoms with E-state index in [-0.39, 0.29) is 22.6 Å². The number of benzene rings is 1. The molecule has 4 nitrogen and oxygen atoms in total. The minimum atomic E-state index is -0.319. The third-order valence-corrected chi connectivity index (χ3v) is 6.16. The summed E-state index contributed by atoms with van der Waals surface area (Å²) >= 11 is 0. The highest BCUT2D eigenvalue weighted by atomic mass is 16.5. The molecule has 0 spiro atoms. The van der Waals surface area contributed by atoms with Crippen molar-refractivity contribution in [1.82, 2.24) is 0 Å². The first-order chi connectivity index (χ1) is 11.3. The first-order valence-corrected chi connectivity index (χ1v) is 8.60. The summed E-state index contributed by atoms with van der Waals surface area (Å²) in [6.07, 6.45) is 3.91. The smallest absolute Gasteiger partial charge is 0.338 e. The maximum Gasteiger partial charge on any atom is 0.338 e. The quantitative estimate of drug-likeness (QED) is 0.665. The topological polar surface area (TPSA) is 55.4 Å². The lowest BCUT2D eigenvalue weighted by Gasteiger charge is -2.31. The zero-order chi connectivity index (χ0) is 17.5. The van der Waals surface area contributed by atoms with Gasteiger partial charge in [0, 0.05) is 22.9 Å². The number of Topliss-reactive ketones (excluding diaryl/α,β-unsaturated/α-hetero) is 1. The van der Waals surface area contributed by atoms with Crippen LogP contribution in [0.25, 0.3) is 0 Å². The van der Waals surface area contributed by atoms with E-state index in [1.807, 2.05) is 18.3 Å². The number of carbonyl (C=O) groups is 2. The van der Waals surface area contributed by atoms with Crippen molar-refractivity contribution in [3.63, 3.8) is 0 Å². The number of fused-ring (bicyclic) bond motifs is 2. The molecule has 2 bridgehead atoms. The zero-order valence-electron chi connectivity index (χ0n) is 14.8. The van der Waals surface area contributed by atoms with Crippen LogP contribution in [0.3, 0.4) is 0 Å². The maximum absolute atomic E-state index is 12.8. The van der Waals surface area contributed by atoms with Gasteiger partial charge in [0.1, 0.15) is 0 Å². The lowest BCUT2D eigenvalue weighted by molar-refractivity contribution is -0.125. The van der Waals surface area contributed by atoms with Gasteiger partial charge >= 0.3 is 5.97 Å². The van der Waals surface area contributed by atoms with Gasteiger partial charge in [-0.1, -0.05) is 20.8 Å². The van der Waals surface area contributed by atoms with Gasteiger partial charge in [-0.25, -0.2) is 4.79 Å². The normalized spacial score (nSPS) is 29.1. The van der Waals surface area contributed by atoms with Gasteiger partial charge in [-0.05, 0) is 55.4 Å². The van der Waals surface area contributed by atoms with Gasteiger partial charge in [-0.2, -0.15) is 0 Å². The Morgan fingerprint density at radius 2 is 1.96 bits per heavy atom. The van der Waals surface area contributed by atoms with E-state index in [4.69, 9.17) is 4.74 Å². The average molecular weight is 327 g/mol. The fourth-order valence-corrected chi connectivity index (χ4v) is 4.17. The molecular formula is C20H25NO3. The molecule has 128 valence electrons. The molecule has 4 heteroatoms. The van der Waals surface area contributed by atoms with Gasteiger partial charge in [-0.3, -0.25) is 4.79 Å². The first kappa shape index (κ1) is 16.7. The van der Waals surface area contributed by atoms with Crippen LogP contribution in [0.15, 0.2) is 36.0 Å². The van der Waals surface area contributed by atoms with Crippen molar-refractivity contribution in [3.05, 3.63) is 41.6 Å². The van der Waals surface area contributed by atoms with E-state index in [2.05, 4.69) is 26.1 Å². The summed E-state index contributed by atoms with van der Waals surface area (Å²) in [6, 6.07) is 7.11. The van der Waals surface area contributed by atoms with Crippen molar-refractivity contribution in [2.75, 3.05) is 11.9 Å². The van der Waals surface area contributed by atoms with Crippen LogP contribution in [0.5, 0.6) is 0 Å². The Bertz CT molecular complexity index is 702. The van der Waals surface area contributed by atoms with E-state index in [0.717, 1.165) is 24.1 Å². The molecule has 24 heavy (non-hydrogen) atoms. The highest BCUT2D eigenvalue weighted by Crippen LogP contribution is 2.65. The fraction of sp³-hybridized carbons (Fsp3) is 0.500. The molecule has 2 aliphatic carbocycles. The average Bonchev–Trinajstić information content (AvgIpc) is 2.86. The van der Waals surface area contributed by atoms with E-state index in [1.165, 1.54) is 0 Å². The highest BCUT2D eigenvalue weighted by molar-refractivity contribution is 6.04. The Morgan fingerprint density at radius 1 is 1.29 bits per heavy atom. The van der Waals surface area contributed by atoms with Gasteiger partial charge in [0.05, 0.1) is 12.2 Å². The van der Waals surface area contributed by atoms with Gasteiger partial charge in [0.2, 0.25) is 0 Å². The maximum atomic E-state index is 12.8. The molecule has 3 rings (SSSR count). The fourth-order valence-electron chi connectivity index (χ4n) is 4.17. The summed E-state index contributed by atoms with van der Waals surface area (Å²) in [6.45, 7) is 8.66. The minimum absolute atomic E-state index is 0.0192. The number of anilines is 1. The molecule has 0 aromatic heterocycles. The van der Waals surface area contributed by atoms with Crippen LogP contribution in [-0.2, 0) is 9.53 Å². The number of ether oxygens (including phenoxy) is 1. The Labute approximate surface area is 143 Å². The third kappa shape index (κ3) is 2.36. The molecule has 0 heterocycles. The summed E-state index contributed by atoms with van der Waals surface area (Å²) in [4.78, 5) is 24.4. The van der Waals surface area contributed by atoms with Crippen LogP contribution in [0.4, 0.5) is 5.69 Å². The van der Waals surface area contributed by atoms with E-state index in [0.29, 0.717) is 18.1 Å². The summed E-state index contributed by atoms with van der Waals surface area (Å²) in [5, 5.41) is 3.22. The lowest BCUT2D eigenvalue weighted by Crippen LogP contribution is -2.32. The van der Waals surface area contributed by atoms with Crippen molar-refractivity contribution in [2.45, 2.75) is 40.5 Å². The molecule has 0 radical (unpaired) electrons. The molecule has 0 aliphatic heterocycles. The first-order valence-electron chi connectivity index (χ1n) is 8.60. The predicted octanol–water partition coefficient (Wildman–Crippen LogP) is 4.18. The predicted molar refractivity (Wildman–Crippen MR) is 93.7 cm³/mol. The lowest BCUT2D eigenvalue weighted by atomic mass is 9.70. The van der Waals surface area contributed by atoms with Crippen molar-refractivity contribution in [3.8, 4) is 0 Å². The molecule has 0 unspecified atom stereocenters. The van der Waals surface area contributed by atoms with Crippen molar-refractivity contribution in [2.24, 2.45) is 16.7 Å². The minimum Gasteiger partial charge on any atom is -0.462 e. The molecule has 2 saturated carbocycles. The standard InChI is InChI=1S/C20H25NO3/c1-5-24-18(23)13-6-8-14(9-7-13)21-12-15-16-10-11-20(4,17(15)22)19(16,2)3/h6-9,12,16,21H,5,10-11H2,1-4H3/b15-12-/t16-,20+/m1/s1. The van der Waals surface area contributed by atoms with Gasteiger partial charge < -0.3 is 10.1 Å². The largest absolute Gasteiger partial charge is 0.462 e. The van der Waals surface area contributed by atoms with Crippen molar-refractivity contribution >= 4 is 17.4 Å². The number of carbonyl (C=O) groups excluding carboxylic acids is 2. The second kappa shape index (κ2) is 5.76. The van der Waals surface area contributed by atoms with E-state index in [9.17, 15) is 9.59 Å². The Kier molecular flexibility index (Phi) is 4.02. The van der Waals surface area contributed by atoms with Gasteiger partial charge in [0.25, 0.3) is 0 Å². The molecule has 1 aromatic carbocycles. The number of esters is 1. The van der Waals surface area contributed by atoms with Crippen LogP contribution in [-0.4, -0.2) is 18.4 Å². The molecule has 2 fully saturated rings. The van der Waals surface area contributed by atoms with Crippen LogP contribution in [0.2, 0.25) is 0 Å². The molecular weight excluding hydrogens is 302 g/mol. The van der Waals surface area contributed by atoms with Gasteiger partial charge in [-0.15, -0.1) is 0 Å². The molecule has 1 N–H and O–H groups in total. The second-order valence-electron chi connectivity index (χ2n) is 7.52. The van der Waals surface area contributed by atoms with Crippen molar-refractivity contribution in [1.29, 1.82) is 0 Å². The van der Waals surface area contributed by atoms with E-state index in [1.54, 1.807) is 19.1 Å².